The molecule has 2 N–H and O–H groups in total. The van der Waals surface area contributed by atoms with Crippen LogP contribution >= 0.6 is 0 Å². The number of carbonyl (C=O) groups excluding carboxylic acids is 1. The minimum Gasteiger partial charge on any atom is -0.378 e. The lowest BCUT2D eigenvalue weighted by Gasteiger charge is -2.30. The van der Waals surface area contributed by atoms with Crippen LogP contribution in [-0.2, 0) is 9.53 Å². The highest BCUT2D eigenvalue weighted by Crippen LogP contribution is 2.04. The Labute approximate surface area is 96.5 Å². The first-order valence-corrected chi connectivity index (χ1v) is 6.10. The third kappa shape index (κ3) is 2.93. The van der Waals surface area contributed by atoms with E-state index in [1.54, 1.807) is 0 Å². The monoisotopic (exact) mass is 227 g/mol. The second-order valence-corrected chi connectivity index (χ2v) is 4.52. The van der Waals surface area contributed by atoms with Crippen molar-refractivity contribution >= 4 is 5.91 Å². The largest absolute Gasteiger partial charge is 0.378 e. The molecule has 2 heterocycles. The summed E-state index contributed by atoms with van der Waals surface area (Å²) in [6, 6.07) is 0.364. The Kier molecular flexibility index (Phi) is 4.15. The Bertz CT molecular complexity index is 235. The molecular weight excluding hydrogens is 206 g/mol. The first-order valence-electron chi connectivity index (χ1n) is 6.10. The van der Waals surface area contributed by atoms with Gasteiger partial charge in [0.25, 0.3) is 0 Å². The minimum absolute atomic E-state index is 0.0806. The molecule has 0 aromatic rings. The fourth-order valence-electron chi connectivity index (χ4n) is 2.28. The maximum Gasteiger partial charge on any atom is 0.239 e. The molecule has 0 bridgehead atoms. The zero-order chi connectivity index (χ0) is 11.4. The van der Waals surface area contributed by atoms with Crippen molar-refractivity contribution in [3.63, 3.8) is 0 Å². The highest BCUT2D eigenvalue weighted by molar-refractivity contribution is 5.81. The van der Waals surface area contributed by atoms with Crippen molar-refractivity contribution in [1.82, 2.24) is 15.5 Å². The molecule has 2 aliphatic rings. The topological polar surface area (TPSA) is 53.6 Å². The number of rotatable bonds is 3. The lowest BCUT2D eigenvalue weighted by molar-refractivity contribution is -0.137. The van der Waals surface area contributed by atoms with E-state index >= 15 is 0 Å². The average Bonchev–Trinajstić information content (AvgIpc) is 2.82. The van der Waals surface area contributed by atoms with E-state index in [0.29, 0.717) is 19.3 Å². The molecule has 16 heavy (non-hydrogen) atoms. The SMILES string of the molecule is CC(NC1CCNC1)C(=O)N1CCOCC1. The van der Waals surface area contributed by atoms with Gasteiger partial charge in [0, 0.05) is 25.7 Å². The fourth-order valence-corrected chi connectivity index (χ4v) is 2.28. The van der Waals surface area contributed by atoms with Gasteiger partial charge in [-0.1, -0.05) is 0 Å². The number of carbonyl (C=O) groups is 1. The van der Waals surface area contributed by atoms with Gasteiger partial charge in [-0.25, -0.2) is 0 Å². The lowest BCUT2D eigenvalue weighted by atomic mass is 10.2. The van der Waals surface area contributed by atoms with Gasteiger partial charge in [0.2, 0.25) is 5.91 Å². The molecule has 0 aromatic heterocycles. The third-order valence-electron chi connectivity index (χ3n) is 3.24. The zero-order valence-electron chi connectivity index (χ0n) is 9.87. The Hall–Kier alpha value is -0.650. The van der Waals surface area contributed by atoms with Gasteiger partial charge < -0.3 is 20.3 Å². The van der Waals surface area contributed by atoms with Crippen LogP contribution < -0.4 is 10.6 Å². The normalized spacial score (nSPS) is 28.1. The number of hydrogen-bond acceptors (Lipinski definition) is 4. The van der Waals surface area contributed by atoms with Crippen molar-refractivity contribution in [2.45, 2.75) is 25.4 Å². The molecule has 2 aliphatic heterocycles. The van der Waals surface area contributed by atoms with E-state index in [2.05, 4.69) is 10.6 Å². The first kappa shape index (κ1) is 11.8. The molecule has 2 atom stereocenters. The second-order valence-electron chi connectivity index (χ2n) is 4.52. The fraction of sp³-hybridized carbons (Fsp3) is 0.909. The van der Waals surface area contributed by atoms with E-state index in [4.69, 9.17) is 4.74 Å². The molecule has 2 fully saturated rings. The summed E-state index contributed by atoms with van der Waals surface area (Å²) < 4.78 is 5.24. The molecule has 0 aliphatic carbocycles. The van der Waals surface area contributed by atoms with Gasteiger partial charge in [-0.3, -0.25) is 4.79 Å². The molecule has 5 heteroatoms. The van der Waals surface area contributed by atoms with Crippen LogP contribution in [0.25, 0.3) is 0 Å². The van der Waals surface area contributed by atoms with Gasteiger partial charge in [0.1, 0.15) is 0 Å². The van der Waals surface area contributed by atoms with Crippen molar-refractivity contribution < 1.29 is 9.53 Å². The van der Waals surface area contributed by atoms with Gasteiger partial charge in [-0.05, 0) is 19.9 Å². The highest BCUT2D eigenvalue weighted by Gasteiger charge is 2.25. The zero-order valence-corrected chi connectivity index (χ0v) is 9.87. The van der Waals surface area contributed by atoms with E-state index in [1.165, 1.54) is 0 Å². The van der Waals surface area contributed by atoms with Gasteiger partial charge in [-0.15, -0.1) is 0 Å². The third-order valence-corrected chi connectivity index (χ3v) is 3.24. The van der Waals surface area contributed by atoms with Crippen LogP contribution in [0, 0.1) is 0 Å². The summed E-state index contributed by atoms with van der Waals surface area (Å²) in [6.45, 7) is 6.78. The second kappa shape index (κ2) is 5.61. The number of nitrogens with one attached hydrogen (secondary N) is 2. The molecule has 1 amide bonds. The summed E-state index contributed by atoms with van der Waals surface area (Å²) in [6.07, 6.45) is 1.11. The molecule has 0 saturated carbocycles. The van der Waals surface area contributed by atoms with Gasteiger partial charge >= 0.3 is 0 Å². The average molecular weight is 227 g/mol. The first-order chi connectivity index (χ1) is 7.77. The summed E-state index contributed by atoms with van der Waals surface area (Å²) in [5.41, 5.74) is 0. The van der Waals surface area contributed by atoms with Gasteiger partial charge in [0.05, 0.1) is 19.3 Å². The summed E-state index contributed by atoms with van der Waals surface area (Å²) in [5, 5.41) is 6.67. The van der Waals surface area contributed by atoms with Crippen LogP contribution in [0.15, 0.2) is 0 Å². The summed E-state index contributed by atoms with van der Waals surface area (Å²) >= 11 is 0. The van der Waals surface area contributed by atoms with Crippen LogP contribution in [0.1, 0.15) is 13.3 Å². The van der Waals surface area contributed by atoms with E-state index in [0.717, 1.165) is 32.6 Å². The highest BCUT2D eigenvalue weighted by atomic mass is 16.5. The Morgan fingerprint density at radius 1 is 1.50 bits per heavy atom. The standard InChI is InChI=1S/C11H21N3O2/c1-9(13-10-2-3-12-8-10)11(15)14-4-6-16-7-5-14/h9-10,12-13H,2-8H2,1H3. The Balaban J connectivity index is 1.78. The Morgan fingerprint density at radius 2 is 2.25 bits per heavy atom. The number of ether oxygens (including phenoxy) is 1. The number of amides is 1. The predicted octanol–water partition coefficient (Wildman–Crippen LogP) is -0.815. The maximum absolute atomic E-state index is 12.1. The van der Waals surface area contributed by atoms with Crippen LogP contribution in [0.2, 0.25) is 0 Å². The van der Waals surface area contributed by atoms with Gasteiger partial charge in [0.15, 0.2) is 0 Å². The van der Waals surface area contributed by atoms with E-state index in [1.807, 2.05) is 11.8 Å². The van der Waals surface area contributed by atoms with Crippen molar-refractivity contribution in [3.05, 3.63) is 0 Å². The number of morpholine rings is 1. The molecule has 0 aromatic carbocycles. The molecule has 2 saturated heterocycles. The van der Waals surface area contributed by atoms with Crippen molar-refractivity contribution in [2.75, 3.05) is 39.4 Å². The van der Waals surface area contributed by atoms with Gasteiger partial charge in [-0.2, -0.15) is 0 Å². The van der Waals surface area contributed by atoms with E-state index in [-0.39, 0.29) is 11.9 Å². The van der Waals surface area contributed by atoms with Crippen LogP contribution in [0.5, 0.6) is 0 Å². The van der Waals surface area contributed by atoms with Crippen LogP contribution in [-0.4, -0.2) is 62.3 Å². The number of nitrogens with zero attached hydrogens (tertiary/aromatic N) is 1. The quantitative estimate of drug-likeness (QED) is 0.662. The smallest absolute Gasteiger partial charge is 0.239 e. The molecule has 5 nitrogen and oxygen atoms in total. The predicted molar refractivity (Wildman–Crippen MR) is 61.3 cm³/mol. The molecule has 2 unspecified atom stereocenters. The Morgan fingerprint density at radius 3 is 2.88 bits per heavy atom. The molecule has 0 spiro atoms. The van der Waals surface area contributed by atoms with Crippen molar-refractivity contribution in [1.29, 1.82) is 0 Å². The number of hydrogen-bond donors (Lipinski definition) is 2. The molecule has 0 radical (unpaired) electrons. The van der Waals surface area contributed by atoms with E-state index in [9.17, 15) is 4.79 Å². The van der Waals surface area contributed by atoms with Crippen molar-refractivity contribution in [2.24, 2.45) is 0 Å². The maximum atomic E-state index is 12.1. The van der Waals surface area contributed by atoms with E-state index < -0.39 is 0 Å². The van der Waals surface area contributed by atoms with Crippen LogP contribution in [0.4, 0.5) is 0 Å². The molecule has 92 valence electrons. The molecular formula is C11H21N3O2. The summed E-state index contributed by atoms with van der Waals surface area (Å²) in [4.78, 5) is 14.0. The summed E-state index contributed by atoms with van der Waals surface area (Å²) in [5.74, 6) is 0.204. The van der Waals surface area contributed by atoms with Crippen LogP contribution in [0.3, 0.4) is 0 Å². The van der Waals surface area contributed by atoms with Crippen molar-refractivity contribution in [3.8, 4) is 0 Å². The summed E-state index contributed by atoms with van der Waals surface area (Å²) in [7, 11) is 0. The lowest BCUT2D eigenvalue weighted by Crippen LogP contribution is -2.51. The molecule has 2 rings (SSSR count). The minimum atomic E-state index is -0.0806.